The lowest BCUT2D eigenvalue weighted by atomic mass is 10.3. The Morgan fingerprint density at radius 1 is 1.43 bits per heavy atom. The largest absolute Gasteiger partial charge is 0.364 e. The van der Waals surface area contributed by atoms with Gasteiger partial charge in [-0.05, 0) is 6.26 Å². The lowest BCUT2D eigenvalue weighted by Crippen LogP contribution is -2.52. The Labute approximate surface area is 147 Å². The van der Waals surface area contributed by atoms with Crippen LogP contribution in [0.4, 0.5) is 0 Å². The van der Waals surface area contributed by atoms with Crippen molar-refractivity contribution >= 4 is 41.7 Å². The van der Waals surface area contributed by atoms with E-state index in [0.717, 1.165) is 56.7 Å². The van der Waals surface area contributed by atoms with Crippen molar-refractivity contribution in [1.29, 1.82) is 0 Å². The first-order chi connectivity index (χ1) is 9.83. The smallest absolute Gasteiger partial charge is 0.193 e. The Hall–Kier alpha value is -0.480. The predicted molar refractivity (Wildman–Crippen MR) is 98.5 cm³/mol. The Balaban J connectivity index is 0.00000220. The van der Waals surface area contributed by atoms with Crippen LogP contribution in [-0.4, -0.2) is 72.7 Å². The fraction of sp³-hybridized carbons (Fsp3) is 0.692. The highest BCUT2D eigenvalue weighted by Crippen LogP contribution is 2.07. The molecule has 21 heavy (non-hydrogen) atoms. The van der Waals surface area contributed by atoms with Crippen LogP contribution in [0.5, 0.6) is 0 Å². The summed E-state index contributed by atoms with van der Waals surface area (Å²) in [5.41, 5.74) is 1.00. The Bertz CT molecular complexity index is 407. The molecule has 2 rings (SSSR count). The Kier molecular flexibility index (Phi) is 9.09. The topological polar surface area (TPSA) is 56.9 Å². The summed E-state index contributed by atoms with van der Waals surface area (Å²) < 4.78 is 4.87. The summed E-state index contributed by atoms with van der Waals surface area (Å²) in [7, 11) is 1.85. The van der Waals surface area contributed by atoms with Crippen molar-refractivity contribution in [1.82, 2.24) is 20.3 Å². The first-order valence-electron chi connectivity index (χ1n) is 6.89. The first-order valence-corrected chi connectivity index (χ1v) is 8.29. The molecule has 8 heteroatoms. The van der Waals surface area contributed by atoms with E-state index in [1.165, 1.54) is 0 Å². The van der Waals surface area contributed by atoms with Crippen LogP contribution >= 0.6 is 35.7 Å². The normalized spacial score (nSPS) is 16.7. The van der Waals surface area contributed by atoms with E-state index >= 15 is 0 Å². The molecule has 1 N–H and O–H groups in total. The first kappa shape index (κ1) is 18.6. The second-order valence-corrected chi connectivity index (χ2v) is 5.71. The fourth-order valence-electron chi connectivity index (χ4n) is 2.26. The SMILES string of the molecule is CN=C(NCCSC)N1CCN(Cc2ccon2)CC1.I. The summed E-state index contributed by atoms with van der Waals surface area (Å²) >= 11 is 1.84. The van der Waals surface area contributed by atoms with Gasteiger partial charge in [-0.3, -0.25) is 9.89 Å². The summed E-state index contributed by atoms with van der Waals surface area (Å²) in [6, 6.07) is 1.93. The number of thioether (sulfide) groups is 1. The van der Waals surface area contributed by atoms with E-state index in [1.54, 1.807) is 6.26 Å². The molecule has 0 aromatic carbocycles. The number of hydrogen-bond donors (Lipinski definition) is 1. The van der Waals surface area contributed by atoms with Crippen LogP contribution in [0.25, 0.3) is 0 Å². The van der Waals surface area contributed by atoms with Crippen molar-refractivity contribution in [2.75, 3.05) is 51.8 Å². The monoisotopic (exact) mass is 425 g/mol. The summed E-state index contributed by atoms with van der Waals surface area (Å²) in [5.74, 6) is 2.12. The van der Waals surface area contributed by atoms with Crippen LogP contribution in [0, 0.1) is 0 Å². The molecule has 0 aliphatic carbocycles. The van der Waals surface area contributed by atoms with Gasteiger partial charge in [0.05, 0.1) is 5.69 Å². The lowest BCUT2D eigenvalue weighted by Gasteiger charge is -2.36. The zero-order valence-electron chi connectivity index (χ0n) is 12.6. The van der Waals surface area contributed by atoms with Gasteiger partial charge in [-0.15, -0.1) is 24.0 Å². The number of piperazine rings is 1. The molecule has 1 saturated heterocycles. The molecular weight excluding hydrogens is 401 g/mol. The maximum Gasteiger partial charge on any atom is 0.193 e. The number of hydrogen-bond acceptors (Lipinski definition) is 5. The van der Waals surface area contributed by atoms with Gasteiger partial charge < -0.3 is 14.7 Å². The van der Waals surface area contributed by atoms with Gasteiger partial charge in [0.25, 0.3) is 0 Å². The van der Waals surface area contributed by atoms with Crippen LogP contribution in [0.3, 0.4) is 0 Å². The van der Waals surface area contributed by atoms with Crippen LogP contribution in [0.2, 0.25) is 0 Å². The zero-order valence-corrected chi connectivity index (χ0v) is 15.8. The fourth-order valence-corrected chi connectivity index (χ4v) is 2.57. The predicted octanol–water partition coefficient (Wildman–Crippen LogP) is 1.35. The average molecular weight is 425 g/mol. The highest BCUT2D eigenvalue weighted by atomic mass is 127. The molecule has 1 aromatic heterocycles. The highest BCUT2D eigenvalue weighted by Gasteiger charge is 2.19. The van der Waals surface area contributed by atoms with Gasteiger partial charge in [0.2, 0.25) is 0 Å². The van der Waals surface area contributed by atoms with Crippen molar-refractivity contribution in [3.8, 4) is 0 Å². The van der Waals surface area contributed by atoms with Crippen molar-refractivity contribution < 1.29 is 4.52 Å². The molecular formula is C13H24IN5OS. The maximum absolute atomic E-state index is 4.87. The summed E-state index contributed by atoms with van der Waals surface area (Å²) in [6.45, 7) is 5.87. The molecule has 0 amide bonds. The van der Waals surface area contributed by atoms with Gasteiger partial charge in [-0.1, -0.05) is 5.16 Å². The molecule has 1 fully saturated rings. The van der Waals surface area contributed by atoms with Crippen molar-refractivity contribution in [3.63, 3.8) is 0 Å². The number of nitrogens with one attached hydrogen (secondary N) is 1. The quantitative estimate of drug-likeness (QED) is 0.333. The average Bonchev–Trinajstić information content (AvgIpc) is 2.98. The molecule has 0 unspecified atom stereocenters. The van der Waals surface area contributed by atoms with Crippen molar-refractivity contribution in [2.45, 2.75) is 6.54 Å². The van der Waals surface area contributed by atoms with Crippen molar-refractivity contribution in [2.24, 2.45) is 4.99 Å². The minimum absolute atomic E-state index is 0. The van der Waals surface area contributed by atoms with Gasteiger partial charge in [-0.2, -0.15) is 11.8 Å². The minimum atomic E-state index is 0. The van der Waals surface area contributed by atoms with Crippen LogP contribution < -0.4 is 5.32 Å². The molecule has 0 radical (unpaired) electrons. The molecule has 0 bridgehead atoms. The van der Waals surface area contributed by atoms with Gasteiger partial charge in [0, 0.05) is 58.1 Å². The molecule has 6 nitrogen and oxygen atoms in total. The third-order valence-electron chi connectivity index (χ3n) is 3.35. The summed E-state index contributed by atoms with van der Waals surface area (Å²) in [5, 5.41) is 7.37. The van der Waals surface area contributed by atoms with Gasteiger partial charge in [0.15, 0.2) is 5.96 Å². The maximum atomic E-state index is 4.87. The number of aliphatic imine (C=N–C) groups is 1. The van der Waals surface area contributed by atoms with E-state index < -0.39 is 0 Å². The third kappa shape index (κ3) is 6.03. The molecule has 0 saturated carbocycles. The molecule has 1 aromatic rings. The van der Waals surface area contributed by atoms with E-state index in [1.807, 2.05) is 24.9 Å². The second-order valence-electron chi connectivity index (χ2n) is 4.72. The second kappa shape index (κ2) is 10.3. The zero-order chi connectivity index (χ0) is 14.2. The Morgan fingerprint density at radius 3 is 2.76 bits per heavy atom. The number of nitrogens with zero attached hydrogens (tertiary/aromatic N) is 4. The molecule has 2 heterocycles. The van der Waals surface area contributed by atoms with Crippen LogP contribution in [0.15, 0.2) is 21.8 Å². The molecule has 0 atom stereocenters. The lowest BCUT2D eigenvalue weighted by molar-refractivity contribution is 0.169. The van der Waals surface area contributed by atoms with E-state index in [2.05, 4.69) is 31.5 Å². The standard InChI is InChI=1S/C13H23N5OS.HI/c1-14-13(15-4-10-20-2)18-7-5-17(6-8-18)11-12-3-9-19-16-12;/h3,9H,4-8,10-11H2,1-2H3,(H,14,15);1H. The number of rotatable bonds is 5. The molecule has 1 aliphatic rings. The summed E-state index contributed by atoms with van der Waals surface area (Å²) in [6.07, 6.45) is 3.75. The van der Waals surface area contributed by atoms with E-state index in [-0.39, 0.29) is 24.0 Å². The molecule has 120 valence electrons. The number of halogens is 1. The highest BCUT2D eigenvalue weighted by molar-refractivity contribution is 14.0. The van der Waals surface area contributed by atoms with E-state index in [9.17, 15) is 0 Å². The van der Waals surface area contributed by atoms with Crippen LogP contribution in [-0.2, 0) is 6.54 Å². The molecule has 1 aliphatic heterocycles. The van der Waals surface area contributed by atoms with Gasteiger partial charge in [-0.25, -0.2) is 0 Å². The number of aromatic nitrogens is 1. The molecule has 0 spiro atoms. The van der Waals surface area contributed by atoms with Gasteiger partial charge >= 0.3 is 0 Å². The van der Waals surface area contributed by atoms with E-state index in [4.69, 9.17) is 4.52 Å². The third-order valence-corrected chi connectivity index (χ3v) is 3.96. The summed E-state index contributed by atoms with van der Waals surface area (Å²) in [4.78, 5) is 9.07. The van der Waals surface area contributed by atoms with Crippen molar-refractivity contribution in [3.05, 3.63) is 18.0 Å². The number of guanidine groups is 1. The van der Waals surface area contributed by atoms with E-state index in [0.29, 0.717) is 0 Å². The van der Waals surface area contributed by atoms with Gasteiger partial charge in [0.1, 0.15) is 6.26 Å². The van der Waals surface area contributed by atoms with Crippen LogP contribution in [0.1, 0.15) is 5.69 Å². The minimum Gasteiger partial charge on any atom is -0.364 e. The Morgan fingerprint density at radius 2 is 2.19 bits per heavy atom.